The molecule has 0 unspecified atom stereocenters. The van der Waals surface area contributed by atoms with Crippen LogP contribution < -0.4 is 63.8 Å². The van der Waals surface area contributed by atoms with Gasteiger partial charge in [0.1, 0.15) is 89.3 Å². The first kappa shape index (κ1) is 136. The summed E-state index contributed by atoms with van der Waals surface area (Å²) < 4.78 is 15.5. The lowest BCUT2D eigenvalue weighted by Crippen LogP contribution is -2.56. The van der Waals surface area contributed by atoms with Crippen molar-refractivity contribution in [2.24, 2.45) is 75.9 Å². The van der Waals surface area contributed by atoms with Gasteiger partial charge in [0.25, 0.3) is 0 Å². The predicted octanol–water partition coefficient (Wildman–Crippen LogP) is 12.1. The van der Waals surface area contributed by atoms with E-state index in [-0.39, 0.29) is 89.2 Å². The molecular weight excluding hydrogens is 1750 g/mol. The molecule has 0 aromatic carbocycles. The monoisotopic (exact) mass is 1930 g/mol. The van der Waals surface area contributed by atoms with Crippen LogP contribution in [0.15, 0.2) is 0 Å². The number of carbonyl (C=O) groups is 18. The molecule has 0 aliphatic rings. The lowest BCUT2D eigenvalue weighted by molar-refractivity contribution is -0.145. The zero-order chi connectivity index (χ0) is 108. The van der Waals surface area contributed by atoms with Gasteiger partial charge in [0.15, 0.2) is 0 Å². The molecule has 0 aromatic heterocycles. The van der Waals surface area contributed by atoms with Gasteiger partial charge in [0, 0.05) is 19.3 Å². The number of carboxylic acid groups (broad SMARTS) is 6. The average Bonchev–Trinajstić information content (AvgIpc) is 0.859. The molecule has 0 spiro atoms. The fraction of sp³-hybridized carbons (Fsp3) is 0.812. The first-order valence-electron chi connectivity index (χ1n) is 47.0. The minimum Gasteiger partial charge on any atom is -0.480 e. The largest absolute Gasteiger partial charge is 0.480 e. The number of nitrogens with one attached hydrogen (secondary N) is 12. The number of hydrogen-bond donors (Lipinski definition) is 18. The molecule has 39 heteroatoms. The van der Waals surface area contributed by atoms with E-state index in [1.54, 1.807) is 145 Å². The second-order valence-corrected chi connectivity index (χ2v) is 43.6. The van der Waals surface area contributed by atoms with Gasteiger partial charge in [-0.2, -0.15) is 0 Å². The molecule has 12 amide bonds. The highest BCUT2D eigenvalue weighted by Gasteiger charge is 2.39. The van der Waals surface area contributed by atoms with Gasteiger partial charge < -0.3 is 109 Å². The number of amides is 12. The Kier molecular flexibility index (Phi) is 65.9. The highest BCUT2D eigenvalue weighted by Crippen LogP contribution is 2.23. The average molecular weight is 1930 g/mol. The van der Waals surface area contributed by atoms with E-state index in [0.29, 0.717) is 64.2 Å². The number of ether oxygens (including phenoxy) is 3. The SMILES string of the molecule is CC(C)CC(=O)N[C@@H](CC(C)C)C(=O)N[C@H](C(=O)O)C(C)(C)C.CC(C)CC(=O)N[C@@H](CC(C)C)C(=O)N[C@H](C(=O)O)C(C)C.CC(C)C[C@H](NC(=O)OC(C)(C)C)C(=O)N[C@H](C(=O)O)C(C)(C)C.CC(C)C[C@H](NC(=O)OC(C)(C)C)C(=O)N[C@H](C(=O)O)C(C)C.CC[C@H](NC(=O)[C@H](CC(C)C)NC(=O)CC(C)C)C(=O)O.CC[C@H](NC(=O)[C@H](CC(C)C)NC(=O)OC(C)(C)C)C(=O)O. The van der Waals surface area contributed by atoms with Crippen LogP contribution >= 0.6 is 0 Å². The van der Waals surface area contributed by atoms with Crippen LogP contribution in [0.5, 0.6) is 0 Å². The fourth-order valence-corrected chi connectivity index (χ4v) is 12.0. The van der Waals surface area contributed by atoms with Crippen LogP contribution in [0.3, 0.4) is 0 Å². The summed E-state index contributed by atoms with van der Waals surface area (Å²) in [6.45, 7) is 70.9. The predicted molar refractivity (Wildman–Crippen MR) is 517 cm³/mol. The first-order valence-corrected chi connectivity index (χ1v) is 47.0. The fourth-order valence-electron chi connectivity index (χ4n) is 12.0. The zero-order valence-corrected chi connectivity index (χ0v) is 88.8. The lowest BCUT2D eigenvalue weighted by Gasteiger charge is -2.30. The summed E-state index contributed by atoms with van der Waals surface area (Å²) in [6.07, 6.45) is 2.06. The third kappa shape index (κ3) is 71.1. The van der Waals surface area contributed by atoms with E-state index in [9.17, 15) is 96.5 Å². The second-order valence-electron chi connectivity index (χ2n) is 43.6. The Morgan fingerprint density at radius 2 is 0.400 bits per heavy atom. The zero-order valence-electron chi connectivity index (χ0n) is 88.8. The Bertz CT molecular complexity index is 3660. The van der Waals surface area contributed by atoms with E-state index in [1.165, 1.54) is 0 Å². The summed E-state index contributed by atoms with van der Waals surface area (Å²) in [5, 5.41) is 85.7. The van der Waals surface area contributed by atoms with Gasteiger partial charge in [-0.05, 0) is 190 Å². The number of carbonyl (C=O) groups excluding carboxylic acids is 12. The maximum Gasteiger partial charge on any atom is 0.408 e. The molecule has 0 aliphatic heterocycles. The lowest BCUT2D eigenvalue weighted by atomic mass is 9.86. The van der Waals surface area contributed by atoms with Crippen LogP contribution in [0.2, 0.25) is 0 Å². The maximum atomic E-state index is 12.5. The molecule has 39 nitrogen and oxygen atoms in total. The maximum absolute atomic E-state index is 12.5. The number of aliphatic carboxylic acids is 6. The summed E-state index contributed by atoms with van der Waals surface area (Å²) in [7, 11) is 0. The van der Waals surface area contributed by atoms with E-state index in [1.807, 2.05) is 125 Å². The summed E-state index contributed by atoms with van der Waals surface area (Å²) in [6, 6.07) is -10.6. The minimum absolute atomic E-state index is 0.133. The number of rotatable bonds is 46. The molecule has 0 fully saturated rings. The van der Waals surface area contributed by atoms with Crippen molar-refractivity contribution in [3.63, 3.8) is 0 Å². The standard InChI is InChI=1S/C17H32N2O5.C17H32N2O4.C16H30N2O5.C16H30N2O4.C15H28N2O5.C15H28N2O4/c1-10(2)9-11(18-15(23)24-17(6,7)8)13(20)19-12(14(21)22)16(3,4)5;1-10(2)8-12(18-13(20)9-11(3)4)15(21)19-14(16(22)23)17(5,6)7;1-9(2)8-11(17-15(22)23-16(5,6)7)13(19)18-12(10(3)4)14(20)21;1-9(2)7-12(17-13(19)8-10(3)4)15(20)18-14(11(5)6)16(21)22;1-7-10(13(19)20)16-12(18)11(8-9(2)3)17-14(21)22-15(4,5)6;1-6-11(15(20)21)17-14(19)12(7-9(2)3)16-13(18)8-10(4)5/h10-12H,9H2,1-8H3,(H,18,23)(H,19,20)(H,21,22);10-12,14H,8-9H2,1-7H3,(H,18,20)(H,19,21)(H,22,23);9-12H,8H2,1-7H3,(H,17,22)(H,18,19)(H,20,21);9-12,14H,7-8H2,1-6H3,(H,17,19)(H,18,20)(H,21,22);9-11H,7-8H2,1-6H3,(H,16,18)(H,17,21)(H,19,20);9-12H,6-8H2,1-5H3,(H,16,18)(H,17,19)(H,20,21)/t11-,12+;12-,14+;11-,12-;12-,14-;10-,11-;11-,12-/m000000/s1. The van der Waals surface area contributed by atoms with Crippen molar-refractivity contribution in [3.8, 4) is 0 Å². The van der Waals surface area contributed by atoms with E-state index < -0.39 is 190 Å². The minimum atomic E-state index is -1.11. The molecule has 0 heterocycles. The van der Waals surface area contributed by atoms with Crippen molar-refractivity contribution in [2.75, 3.05) is 0 Å². The van der Waals surface area contributed by atoms with Gasteiger partial charge in [-0.25, -0.2) is 43.2 Å². The van der Waals surface area contributed by atoms with Crippen molar-refractivity contribution < 1.29 is 131 Å². The van der Waals surface area contributed by atoms with Crippen molar-refractivity contribution in [2.45, 2.75) is 430 Å². The van der Waals surface area contributed by atoms with Crippen LogP contribution in [0.25, 0.3) is 0 Å². The summed E-state index contributed by atoms with van der Waals surface area (Å²) in [5.74, 6) is -8.85. The number of carboxylic acids is 6. The van der Waals surface area contributed by atoms with Crippen molar-refractivity contribution >= 4 is 107 Å². The molecule has 0 saturated carbocycles. The quantitative estimate of drug-likeness (QED) is 0.0252. The number of hydrogen-bond acceptors (Lipinski definition) is 21. The first-order chi connectivity index (χ1) is 61.0. The molecule has 135 heavy (non-hydrogen) atoms. The molecular formula is C96H180N12O27. The van der Waals surface area contributed by atoms with Gasteiger partial charge in [-0.3, -0.25) is 43.2 Å². The van der Waals surface area contributed by atoms with Crippen molar-refractivity contribution in [3.05, 3.63) is 0 Å². The Morgan fingerprint density at radius 1 is 0.222 bits per heavy atom. The molecule has 0 aromatic rings. The molecule has 786 valence electrons. The van der Waals surface area contributed by atoms with Crippen molar-refractivity contribution in [1.29, 1.82) is 0 Å². The van der Waals surface area contributed by atoms with Gasteiger partial charge in [-0.15, -0.1) is 0 Å². The normalized spacial score (nSPS) is 14.3. The smallest absolute Gasteiger partial charge is 0.408 e. The Labute approximate surface area is 804 Å². The van der Waals surface area contributed by atoms with Gasteiger partial charge in [-0.1, -0.05) is 208 Å². The molecule has 12 atom stereocenters. The Morgan fingerprint density at radius 3 is 0.533 bits per heavy atom. The van der Waals surface area contributed by atoms with Gasteiger partial charge in [0.05, 0.1) is 0 Å². The second kappa shape index (κ2) is 65.6. The van der Waals surface area contributed by atoms with Crippen LogP contribution in [0.1, 0.15) is 341 Å². The molecule has 0 saturated heterocycles. The molecule has 0 radical (unpaired) electrons. The highest BCUT2D eigenvalue weighted by molar-refractivity contribution is 5.94. The molecule has 0 rings (SSSR count). The van der Waals surface area contributed by atoms with E-state index in [2.05, 4.69) is 63.8 Å². The van der Waals surface area contributed by atoms with Crippen LogP contribution in [-0.4, -0.2) is 227 Å². The van der Waals surface area contributed by atoms with Gasteiger partial charge in [0.2, 0.25) is 53.2 Å². The Balaban J connectivity index is -0.000000370. The summed E-state index contributed by atoms with van der Waals surface area (Å²) in [4.78, 5) is 213. The van der Waals surface area contributed by atoms with E-state index in [4.69, 9.17) is 34.6 Å². The van der Waals surface area contributed by atoms with E-state index >= 15 is 0 Å². The van der Waals surface area contributed by atoms with Crippen LogP contribution in [0.4, 0.5) is 14.4 Å². The highest BCUT2D eigenvalue weighted by atomic mass is 16.6. The van der Waals surface area contributed by atoms with Crippen molar-refractivity contribution in [1.82, 2.24) is 63.8 Å². The summed E-state index contributed by atoms with van der Waals surface area (Å²) in [5.41, 5.74) is -3.31. The third-order valence-electron chi connectivity index (χ3n) is 18.3. The molecule has 0 bridgehead atoms. The topological polar surface area (TPSA) is 601 Å². The number of alkyl carbamates (subject to hydrolysis) is 3. The third-order valence-corrected chi connectivity index (χ3v) is 18.3. The Hall–Kier alpha value is -10.1. The molecule has 0 aliphatic carbocycles. The van der Waals surface area contributed by atoms with Crippen LogP contribution in [-0.2, 0) is 86.1 Å². The van der Waals surface area contributed by atoms with E-state index in [0.717, 1.165) is 0 Å². The van der Waals surface area contributed by atoms with Crippen LogP contribution in [0, 0.1) is 75.9 Å². The molecule has 18 N–H and O–H groups in total. The van der Waals surface area contributed by atoms with Gasteiger partial charge >= 0.3 is 54.1 Å². The summed E-state index contributed by atoms with van der Waals surface area (Å²) >= 11 is 0.